The molecule has 1 N–H and O–H groups in total. The minimum Gasteiger partial charge on any atom is -0.464 e. The fraction of sp³-hybridized carbons (Fsp3) is 0.105. The third kappa shape index (κ3) is 3.54. The molecule has 0 fully saturated rings. The van der Waals surface area contributed by atoms with Gasteiger partial charge in [-0.3, -0.25) is 4.79 Å². The molecule has 3 rings (SSSR count). The number of aryl methyl sites for hydroxylation is 2. The zero-order valence-corrected chi connectivity index (χ0v) is 14.5. The molecule has 1 heterocycles. The summed E-state index contributed by atoms with van der Waals surface area (Å²) in [7, 11) is 0. The van der Waals surface area contributed by atoms with Crippen LogP contribution in [0.4, 0.5) is 5.69 Å². The van der Waals surface area contributed by atoms with E-state index in [0.717, 1.165) is 32.6 Å². The van der Waals surface area contributed by atoms with E-state index < -0.39 is 0 Å². The van der Waals surface area contributed by atoms with Crippen molar-refractivity contribution in [3.8, 4) is 5.75 Å². The maximum Gasteiger partial charge on any atom is 0.255 e. The van der Waals surface area contributed by atoms with E-state index in [-0.39, 0.29) is 5.91 Å². The number of carbonyl (C=O) groups is 1. The quantitative estimate of drug-likeness (QED) is 0.809. The Hall–Kier alpha value is -2.33. The molecule has 116 valence electrons. The van der Waals surface area contributed by atoms with E-state index in [1.54, 1.807) is 6.08 Å². The molecule has 3 nitrogen and oxygen atoms in total. The van der Waals surface area contributed by atoms with Crippen LogP contribution in [0.15, 0.2) is 58.8 Å². The normalized spacial score (nSPS) is 12.7. The molecule has 0 spiro atoms. The van der Waals surface area contributed by atoms with Gasteiger partial charge in [-0.15, -0.1) is 0 Å². The van der Waals surface area contributed by atoms with Crippen molar-refractivity contribution in [1.82, 2.24) is 0 Å². The van der Waals surface area contributed by atoms with Crippen LogP contribution in [0, 0.1) is 13.8 Å². The molecule has 4 heteroatoms. The predicted molar refractivity (Wildman–Crippen MR) is 96.4 cm³/mol. The number of nitrogens with one attached hydrogen (secondary N) is 1. The van der Waals surface area contributed by atoms with Crippen molar-refractivity contribution in [2.75, 3.05) is 5.32 Å². The molecule has 0 unspecified atom stereocenters. The van der Waals surface area contributed by atoms with E-state index in [9.17, 15) is 4.79 Å². The molecule has 0 saturated heterocycles. The Morgan fingerprint density at radius 3 is 2.78 bits per heavy atom. The summed E-state index contributed by atoms with van der Waals surface area (Å²) in [6.07, 6.45) is 5.03. The minimum absolute atomic E-state index is 0.161. The zero-order valence-electron chi connectivity index (χ0n) is 12.9. The molecule has 0 aliphatic carbocycles. The maximum absolute atomic E-state index is 12.6. The van der Waals surface area contributed by atoms with Gasteiger partial charge in [0.2, 0.25) is 0 Å². The predicted octanol–water partition coefficient (Wildman–Crippen LogP) is 4.99. The Kier molecular flexibility index (Phi) is 4.35. The molecule has 0 saturated carbocycles. The molecule has 0 aromatic heterocycles. The highest BCUT2D eigenvalue weighted by Gasteiger charge is 2.13. The lowest BCUT2D eigenvalue weighted by molar-refractivity contribution is -0.112. The van der Waals surface area contributed by atoms with Crippen LogP contribution < -0.4 is 10.1 Å². The number of amides is 1. The molecule has 0 radical (unpaired) electrons. The van der Waals surface area contributed by atoms with Gasteiger partial charge in [-0.05, 0) is 61.4 Å². The lowest BCUT2D eigenvalue weighted by Crippen LogP contribution is -2.14. The number of hydrogen-bond acceptors (Lipinski definition) is 2. The van der Waals surface area contributed by atoms with Crippen LogP contribution in [0.1, 0.15) is 16.7 Å². The molecule has 1 aliphatic heterocycles. The van der Waals surface area contributed by atoms with Gasteiger partial charge in [0.1, 0.15) is 5.75 Å². The number of carbonyl (C=O) groups excluding carboxylic acids is 1. The summed E-state index contributed by atoms with van der Waals surface area (Å²) in [4.78, 5) is 12.6. The van der Waals surface area contributed by atoms with Gasteiger partial charge in [0.15, 0.2) is 0 Å². The largest absolute Gasteiger partial charge is 0.464 e. The summed E-state index contributed by atoms with van der Waals surface area (Å²) >= 11 is 3.44. The van der Waals surface area contributed by atoms with Crippen LogP contribution in [0.3, 0.4) is 0 Å². The van der Waals surface area contributed by atoms with Gasteiger partial charge in [0.05, 0.1) is 6.26 Å². The summed E-state index contributed by atoms with van der Waals surface area (Å²) in [5.41, 5.74) is 4.36. The first-order chi connectivity index (χ1) is 11.0. The van der Waals surface area contributed by atoms with E-state index in [0.29, 0.717) is 5.57 Å². The topological polar surface area (TPSA) is 38.3 Å². The molecular formula is C19H16BrNO2. The van der Waals surface area contributed by atoms with E-state index in [2.05, 4.69) is 21.2 Å². The molecular weight excluding hydrogens is 354 g/mol. The van der Waals surface area contributed by atoms with Crippen molar-refractivity contribution < 1.29 is 9.53 Å². The molecule has 2 aromatic rings. The average molecular weight is 370 g/mol. The average Bonchev–Trinajstić information content (AvgIpc) is 2.72. The molecule has 1 amide bonds. The smallest absolute Gasteiger partial charge is 0.255 e. The number of fused-ring (bicyclic) bond motifs is 1. The second kappa shape index (κ2) is 6.42. The zero-order chi connectivity index (χ0) is 16.4. The lowest BCUT2D eigenvalue weighted by Gasteiger charge is -2.09. The molecule has 2 aromatic carbocycles. The van der Waals surface area contributed by atoms with Gasteiger partial charge in [0.25, 0.3) is 5.91 Å². The van der Waals surface area contributed by atoms with Crippen molar-refractivity contribution in [2.45, 2.75) is 13.8 Å². The molecule has 1 aliphatic rings. The Morgan fingerprint density at radius 1 is 1.13 bits per heavy atom. The van der Waals surface area contributed by atoms with Crippen LogP contribution >= 0.6 is 15.9 Å². The number of ether oxygens (including phenoxy) is 1. The first-order valence-corrected chi connectivity index (χ1v) is 8.05. The van der Waals surface area contributed by atoms with Crippen LogP contribution in [0.5, 0.6) is 5.75 Å². The summed E-state index contributed by atoms with van der Waals surface area (Å²) in [6.45, 7) is 3.98. The highest BCUT2D eigenvalue weighted by Crippen LogP contribution is 2.28. The number of anilines is 1. The van der Waals surface area contributed by atoms with E-state index in [4.69, 9.17) is 4.74 Å². The fourth-order valence-corrected chi connectivity index (χ4v) is 2.72. The number of hydrogen-bond donors (Lipinski definition) is 1. The first-order valence-electron chi connectivity index (χ1n) is 7.26. The monoisotopic (exact) mass is 369 g/mol. The van der Waals surface area contributed by atoms with Crippen LogP contribution in [-0.2, 0) is 4.79 Å². The van der Waals surface area contributed by atoms with E-state index in [1.165, 1.54) is 6.26 Å². The standard InChI is InChI=1S/C19H16BrNO2/c1-12-3-4-13(2)17(9-12)21-19(22)14-7-8-23-18-6-5-16(20)11-15(18)10-14/h3-11H,1-2H3,(H,21,22). The second-order valence-electron chi connectivity index (χ2n) is 5.47. The summed E-state index contributed by atoms with van der Waals surface area (Å²) in [5.74, 6) is 0.561. The van der Waals surface area contributed by atoms with Crippen molar-refractivity contribution in [2.24, 2.45) is 0 Å². The number of rotatable bonds is 2. The Bertz CT molecular complexity index is 837. The van der Waals surface area contributed by atoms with Gasteiger partial charge < -0.3 is 10.1 Å². The highest BCUT2D eigenvalue weighted by atomic mass is 79.9. The van der Waals surface area contributed by atoms with Gasteiger partial charge in [-0.25, -0.2) is 0 Å². The molecule has 23 heavy (non-hydrogen) atoms. The van der Waals surface area contributed by atoms with Gasteiger partial charge >= 0.3 is 0 Å². The summed E-state index contributed by atoms with van der Waals surface area (Å²) in [5, 5.41) is 2.97. The second-order valence-corrected chi connectivity index (χ2v) is 6.39. The summed E-state index contributed by atoms with van der Waals surface area (Å²) in [6, 6.07) is 11.7. The molecule has 0 atom stereocenters. The van der Waals surface area contributed by atoms with E-state index in [1.807, 2.05) is 56.3 Å². The summed E-state index contributed by atoms with van der Waals surface area (Å²) < 4.78 is 6.48. The van der Waals surface area contributed by atoms with Crippen molar-refractivity contribution in [3.63, 3.8) is 0 Å². The maximum atomic E-state index is 12.6. The highest BCUT2D eigenvalue weighted by molar-refractivity contribution is 9.10. The van der Waals surface area contributed by atoms with Gasteiger partial charge in [-0.2, -0.15) is 0 Å². The molecule has 0 bridgehead atoms. The first kappa shape index (κ1) is 15.6. The van der Waals surface area contributed by atoms with Crippen LogP contribution in [-0.4, -0.2) is 5.91 Å². The fourth-order valence-electron chi connectivity index (χ4n) is 2.34. The van der Waals surface area contributed by atoms with E-state index >= 15 is 0 Å². The third-order valence-electron chi connectivity index (χ3n) is 3.63. The Balaban J connectivity index is 1.91. The lowest BCUT2D eigenvalue weighted by atomic mass is 10.1. The SMILES string of the molecule is Cc1ccc(C)c(NC(=O)C2=Cc3cc(Br)ccc3OC=C2)c1. The Morgan fingerprint density at radius 2 is 1.96 bits per heavy atom. The minimum atomic E-state index is -0.161. The van der Waals surface area contributed by atoms with Crippen molar-refractivity contribution >= 4 is 33.6 Å². The van der Waals surface area contributed by atoms with Crippen LogP contribution in [0.25, 0.3) is 6.08 Å². The number of benzene rings is 2. The van der Waals surface area contributed by atoms with Crippen LogP contribution in [0.2, 0.25) is 0 Å². The number of halogens is 1. The third-order valence-corrected chi connectivity index (χ3v) is 4.12. The van der Waals surface area contributed by atoms with Gasteiger partial charge in [-0.1, -0.05) is 28.1 Å². The van der Waals surface area contributed by atoms with Gasteiger partial charge in [0, 0.05) is 21.3 Å². The van der Waals surface area contributed by atoms with Crippen molar-refractivity contribution in [1.29, 1.82) is 0 Å². The van der Waals surface area contributed by atoms with Crippen molar-refractivity contribution in [3.05, 3.63) is 75.5 Å². The Labute approximate surface area is 143 Å².